The Labute approximate surface area is 100 Å². The Balaban J connectivity index is 2.05. The van der Waals surface area contributed by atoms with Crippen LogP contribution in [0.15, 0.2) is 11.6 Å². The first kappa shape index (κ1) is 12.2. The van der Waals surface area contributed by atoms with E-state index in [1.165, 1.54) is 32.1 Å². The van der Waals surface area contributed by atoms with Gasteiger partial charge in [-0.05, 0) is 43.9 Å². The molecule has 0 N–H and O–H groups in total. The molecule has 2 unspecified atom stereocenters. The van der Waals surface area contributed by atoms with Crippen molar-refractivity contribution < 1.29 is 4.74 Å². The molecular formula is C15H26O. The molecular weight excluding hydrogens is 196 g/mol. The highest BCUT2D eigenvalue weighted by atomic mass is 16.6. The fourth-order valence-electron chi connectivity index (χ4n) is 2.91. The molecule has 0 aromatic heterocycles. The first-order valence-electron chi connectivity index (χ1n) is 6.80. The highest BCUT2D eigenvalue weighted by molar-refractivity contribution is 5.05. The first-order chi connectivity index (χ1) is 7.49. The average molecular weight is 222 g/mol. The minimum atomic E-state index is 0.329. The summed E-state index contributed by atoms with van der Waals surface area (Å²) in [6.45, 7) is 9.36. The zero-order valence-electron chi connectivity index (χ0n) is 11.3. The zero-order valence-corrected chi connectivity index (χ0v) is 11.3. The Morgan fingerprint density at radius 1 is 1.38 bits per heavy atom. The standard InChI is InChI=1S/C15H26O/c1-11-6-5-7-12(2)10-13-14(16-13)15(3,4)9-8-11/h8,12-14H,5-7,9-10H2,1-4H3/b11-8+/t12-,13?,14?/m0/s1. The molecule has 0 bridgehead atoms. The van der Waals surface area contributed by atoms with Crippen LogP contribution in [-0.2, 0) is 4.74 Å². The van der Waals surface area contributed by atoms with E-state index in [9.17, 15) is 0 Å². The van der Waals surface area contributed by atoms with Crippen molar-refractivity contribution in [3.63, 3.8) is 0 Å². The second-order valence-corrected chi connectivity index (χ2v) is 6.57. The Bertz CT molecular complexity index is 277. The molecule has 3 atom stereocenters. The third-order valence-electron chi connectivity index (χ3n) is 4.23. The van der Waals surface area contributed by atoms with E-state index >= 15 is 0 Å². The van der Waals surface area contributed by atoms with Gasteiger partial charge >= 0.3 is 0 Å². The van der Waals surface area contributed by atoms with Crippen molar-refractivity contribution in [2.75, 3.05) is 0 Å². The summed E-state index contributed by atoms with van der Waals surface area (Å²) in [6, 6.07) is 0. The maximum Gasteiger partial charge on any atom is 0.0895 e. The van der Waals surface area contributed by atoms with Gasteiger partial charge < -0.3 is 4.74 Å². The number of hydrogen-bond donors (Lipinski definition) is 0. The lowest BCUT2D eigenvalue weighted by molar-refractivity contribution is 0.238. The minimum Gasteiger partial charge on any atom is -0.369 e. The second-order valence-electron chi connectivity index (χ2n) is 6.57. The smallest absolute Gasteiger partial charge is 0.0895 e. The van der Waals surface area contributed by atoms with E-state index in [4.69, 9.17) is 4.74 Å². The highest BCUT2D eigenvalue weighted by Gasteiger charge is 2.48. The molecule has 2 rings (SSSR count). The van der Waals surface area contributed by atoms with Gasteiger partial charge in [-0.2, -0.15) is 0 Å². The monoisotopic (exact) mass is 222 g/mol. The van der Waals surface area contributed by atoms with Crippen LogP contribution in [0.3, 0.4) is 0 Å². The van der Waals surface area contributed by atoms with E-state index in [2.05, 4.69) is 33.8 Å². The largest absolute Gasteiger partial charge is 0.369 e. The van der Waals surface area contributed by atoms with Crippen molar-refractivity contribution >= 4 is 0 Å². The number of rotatable bonds is 0. The summed E-state index contributed by atoms with van der Waals surface area (Å²) >= 11 is 0. The molecule has 0 aromatic rings. The predicted molar refractivity (Wildman–Crippen MR) is 68.4 cm³/mol. The molecule has 2 aliphatic rings. The number of fused-ring (bicyclic) bond motifs is 1. The molecule has 1 saturated heterocycles. The SMILES string of the molecule is C/C1=C\CC(C)(C)C2OC2C[C@@H](C)CCC1. The third kappa shape index (κ3) is 2.88. The minimum absolute atomic E-state index is 0.329. The molecule has 1 aliphatic heterocycles. The van der Waals surface area contributed by atoms with Gasteiger partial charge in [0.15, 0.2) is 0 Å². The normalized spacial score (nSPS) is 42.5. The van der Waals surface area contributed by atoms with Gasteiger partial charge in [0.1, 0.15) is 0 Å². The van der Waals surface area contributed by atoms with E-state index in [0.717, 1.165) is 5.92 Å². The molecule has 0 radical (unpaired) electrons. The summed E-state index contributed by atoms with van der Waals surface area (Å²) in [7, 11) is 0. The molecule has 0 saturated carbocycles. The number of hydrogen-bond acceptors (Lipinski definition) is 1. The van der Waals surface area contributed by atoms with E-state index in [0.29, 0.717) is 17.6 Å². The molecule has 1 heteroatoms. The van der Waals surface area contributed by atoms with Crippen LogP contribution in [-0.4, -0.2) is 12.2 Å². The summed E-state index contributed by atoms with van der Waals surface area (Å²) in [5.74, 6) is 0.830. The van der Waals surface area contributed by atoms with Crippen LogP contribution in [0.5, 0.6) is 0 Å². The van der Waals surface area contributed by atoms with Crippen molar-refractivity contribution in [1.82, 2.24) is 0 Å². The van der Waals surface area contributed by atoms with E-state index in [1.807, 2.05) is 0 Å². The van der Waals surface area contributed by atoms with Crippen molar-refractivity contribution in [3.8, 4) is 0 Å². The summed E-state index contributed by atoms with van der Waals surface area (Å²) < 4.78 is 5.88. The molecule has 0 spiro atoms. The summed E-state index contributed by atoms with van der Waals surface area (Å²) in [5.41, 5.74) is 1.90. The third-order valence-corrected chi connectivity index (χ3v) is 4.23. The van der Waals surface area contributed by atoms with Gasteiger partial charge in [-0.1, -0.05) is 38.8 Å². The van der Waals surface area contributed by atoms with Crippen LogP contribution in [0.1, 0.15) is 59.8 Å². The van der Waals surface area contributed by atoms with E-state index < -0.39 is 0 Å². The highest BCUT2D eigenvalue weighted by Crippen LogP contribution is 2.44. The van der Waals surface area contributed by atoms with E-state index in [1.54, 1.807) is 5.57 Å². The van der Waals surface area contributed by atoms with Crippen LogP contribution < -0.4 is 0 Å². The summed E-state index contributed by atoms with van der Waals surface area (Å²) in [5, 5.41) is 0. The molecule has 0 aromatic carbocycles. The average Bonchev–Trinajstić information content (AvgIpc) is 2.94. The molecule has 1 aliphatic carbocycles. The Morgan fingerprint density at radius 2 is 2.12 bits per heavy atom. The van der Waals surface area contributed by atoms with Crippen LogP contribution in [0.25, 0.3) is 0 Å². The molecule has 1 fully saturated rings. The number of ether oxygens (including phenoxy) is 1. The molecule has 0 amide bonds. The van der Waals surface area contributed by atoms with Crippen molar-refractivity contribution in [2.45, 2.75) is 72.0 Å². The van der Waals surface area contributed by atoms with Crippen LogP contribution >= 0.6 is 0 Å². The van der Waals surface area contributed by atoms with E-state index in [-0.39, 0.29) is 0 Å². The van der Waals surface area contributed by atoms with Gasteiger partial charge in [0.2, 0.25) is 0 Å². The lowest BCUT2D eigenvalue weighted by atomic mass is 9.82. The maximum atomic E-state index is 5.88. The fraction of sp³-hybridized carbons (Fsp3) is 0.867. The van der Waals surface area contributed by atoms with Gasteiger partial charge in [0.25, 0.3) is 0 Å². The zero-order chi connectivity index (χ0) is 11.8. The lowest BCUT2D eigenvalue weighted by Crippen LogP contribution is -2.21. The topological polar surface area (TPSA) is 12.5 Å². The van der Waals surface area contributed by atoms with Crippen molar-refractivity contribution in [3.05, 3.63) is 11.6 Å². The number of allylic oxidation sites excluding steroid dienone is 2. The van der Waals surface area contributed by atoms with Crippen LogP contribution in [0, 0.1) is 11.3 Å². The number of epoxide rings is 1. The fourth-order valence-corrected chi connectivity index (χ4v) is 2.91. The maximum absolute atomic E-state index is 5.88. The molecule has 1 nitrogen and oxygen atoms in total. The lowest BCUT2D eigenvalue weighted by Gasteiger charge is -2.21. The van der Waals surface area contributed by atoms with Gasteiger partial charge in [-0.3, -0.25) is 0 Å². The van der Waals surface area contributed by atoms with Gasteiger partial charge in [0.05, 0.1) is 12.2 Å². The van der Waals surface area contributed by atoms with Crippen molar-refractivity contribution in [2.24, 2.45) is 11.3 Å². The predicted octanol–water partition coefficient (Wildman–Crippen LogP) is 4.33. The van der Waals surface area contributed by atoms with Crippen LogP contribution in [0.2, 0.25) is 0 Å². The molecule has 16 heavy (non-hydrogen) atoms. The van der Waals surface area contributed by atoms with Gasteiger partial charge in [0, 0.05) is 0 Å². The Kier molecular flexibility index (Phi) is 3.44. The summed E-state index contributed by atoms with van der Waals surface area (Å²) in [6.07, 6.45) is 9.95. The quantitative estimate of drug-likeness (QED) is 0.439. The van der Waals surface area contributed by atoms with Crippen LogP contribution in [0.4, 0.5) is 0 Å². The second kappa shape index (κ2) is 4.52. The molecule has 1 heterocycles. The van der Waals surface area contributed by atoms with Gasteiger partial charge in [-0.25, -0.2) is 0 Å². The Morgan fingerprint density at radius 3 is 2.88 bits per heavy atom. The molecule has 92 valence electrons. The Hall–Kier alpha value is -0.300. The first-order valence-corrected chi connectivity index (χ1v) is 6.80. The van der Waals surface area contributed by atoms with Crippen molar-refractivity contribution in [1.29, 1.82) is 0 Å². The van der Waals surface area contributed by atoms with Gasteiger partial charge in [-0.15, -0.1) is 0 Å². The summed E-state index contributed by atoms with van der Waals surface area (Å²) in [4.78, 5) is 0.